The fraction of sp³-hybridized carbons (Fsp3) is 0.438. The van der Waals surface area contributed by atoms with Gasteiger partial charge in [0.1, 0.15) is 23.9 Å². The number of amides is 4. The summed E-state index contributed by atoms with van der Waals surface area (Å²) in [6.07, 6.45) is 2.80. The monoisotopic (exact) mass is 618 g/mol. The van der Waals surface area contributed by atoms with E-state index in [4.69, 9.17) is 4.42 Å². The van der Waals surface area contributed by atoms with Gasteiger partial charge in [-0.2, -0.15) is 0 Å². The van der Waals surface area contributed by atoms with Crippen LogP contribution in [0, 0.1) is 11.8 Å². The maximum Gasteiger partial charge on any atom is 0.287 e. The number of furan rings is 1. The van der Waals surface area contributed by atoms with Crippen LogP contribution in [0.15, 0.2) is 51.8 Å². The lowest BCUT2D eigenvalue weighted by Crippen LogP contribution is -2.74. The fourth-order valence-electron chi connectivity index (χ4n) is 5.95. The van der Waals surface area contributed by atoms with Crippen molar-refractivity contribution in [3.8, 4) is 0 Å². The molecule has 0 unspecified atom stereocenters. The largest absolute Gasteiger partial charge is 0.451 e. The standard InChI is InChI=1S/C32H38N6O7/c1-5-33-29(42)24(39)11-10-22(34-30(43)26-13-19-8-9-21(37(3)4)14-25(19)45-26)28(41)35-23-7-6-12-38(31(23)44)17-27(40)36-32-15-20(16-32)18(32)2/h6-9,12-14,18,20,22H,5,10-11,15-17H2,1-4H3,(H,33,42)(H,34,43)(H,35,41)(H,36,40)/t18-,20?,22-,32?/m0/s1. The minimum absolute atomic E-state index is 0.0557. The van der Waals surface area contributed by atoms with Crippen molar-refractivity contribution in [1.29, 1.82) is 0 Å². The SMILES string of the molecule is CCNC(=O)C(=O)CC[C@H](NC(=O)c1cc2ccc(N(C)C)cc2o1)C(=O)Nc1cccn(CC(=O)NC23CC(C2)[C@@H]3C)c1=O. The van der Waals surface area contributed by atoms with E-state index in [1.54, 1.807) is 19.1 Å². The number of fused-ring (bicyclic) bond motifs is 1. The van der Waals surface area contributed by atoms with Crippen molar-refractivity contribution in [2.45, 2.75) is 57.7 Å². The van der Waals surface area contributed by atoms with E-state index < -0.39 is 35.1 Å². The minimum atomic E-state index is -1.30. The number of ketones is 1. The van der Waals surface area contributed by atoms with Crippen molar-refractivity contribution in [2.24, 2.45) is 11.8 Å². The number of hydrogen-bond donors (Lipinski definition) is 4. The molecule has 238 valence electrons. The first kappa shape index (κ1) is 31.5. The molecule has 13 heteroatoms. The summed E-state index contributed by atoms with van der Waals surface area (Å²) in [6.45, 7) is 3.81. The fourth-order valence-corrected chi connectivity index (χ4v) is 5.95. The summed E-state index contributed by atoms with van der Waals surface area (Å²) in [4.78, 5) is 78.8. The molecular weight excluding hydrogens is 580 g/mol. The molecule has 3 saturated carbocycles. The zero-order valence-corrected chi connectivity index (χ0v) is 25.8. The van der Waals surface area contributed by atoms with Gasteiger partial charge in [0, 0.05) is 55.9 Å². The molecule has 3 fully saturated rings. The van der Waals surface area contributed by atoms with Crippen LogP contribution < -0.4 is 31.7 Å². The first-order valence-corrected chi connectivity index (χ1v) is 15.0. The third kappa shape index (κ3) is 6.47. The van der Waals surface area contributed by atoms with Crippen molar-refractivity contribution in [3.63, 3.8) is 0 Å². The lowest BCUT2D eigenvalue weighted by Gasteiger charge is -2.67. The van der Waals surface area contributed by atoms with Gasteiger partial charge in [0.05, 0.1) is 0 Å². The molecule has 45 heavy (non-hydrogen) atoms. The molecule has 2 heterocycles. The Labute approximate surface area is 259 Å². The van der Waals surface area contributed by atoms with Crippen LogP contribution in [0.4, 0.5) is 11.4 Å². The van der Waals surface area contributed by atoms with Crippen molar-refractivity contribution < 1.29 is 28.4 Å². The smallest absolute Gasteiger partial charge is 0.287 e. The second kappa shape index (κ2) is 12.6. The number of Topliss-reactive ketones (excluding diaryl/α,β-unsaturated/α-hetero) is 1. The third-order valence-corrected chi connectivity index (χ3v) is 8.93. The molecule has 3 aliphatic carbocycles. The van der Waals surface area contributed by atoms with Crippen LogP contribution in [0.3, 0.4) is 0 Å². The van der Waals surface area contributed by atoms with Crippen molar-refractivity contribution in [3.05, 3.63) is 58.7 Å². The summed E-state index contributed by atoms with van der Waals surface area (Å²) in [5, 5.41) is 11.2. The molecule has 0 radical (unpaired) electrons. The number of rotatable bonds is 13. The van der Waals surface area contributed by atoms with Gasteiger partial charge in [-0.3, -0.25) is 28.8 Å². The second-order valence-electron chi connectivity index (χ2n) is 12.1. The van der Waals surface area contributed by atoms with Crippen molar-refractivity contribution in [2.75, 3.05) is 30.9 Å². The molecule has 3 aromatic rings. The van der Waals surface area contributed by atoms with Gasteiger partial charge in [-0.25, -0.2) is 0 Å². The van der Waals surface area contributed by atoms with E-state index in [0.717, 1.165) is 18.5 Å². The van der Waals surface area contributed by atoms with Gasteiger partial charge in [-0.1, -0.05) is 6.92 Å². The Balaban J connectivity index is 1.30. The van der Waals surface area contributed by atoms with Gasteiger partial charge < -0.3 is 35.2 Å². The molecule has 2 atom stereocenters. The average Bonchev–Trinajstić information content (AvgIpc) is 3.43. The number of likely N-dealkylation sites (N-methyl/N-ethyl adjacent to an activating group) is 1. The Morgan fingerprint density at radius 2 is 1.87 bits per heavy atom. The van der Waals surface area contributed by atoms with E-state index in [-0.39, 0.29) is 48.8 Å². The lowest BCUT2D eigenvalue weighted by molar-refractivity contribution is -0.151. The molecule has 1 aromatic carbocycles. The molecule has 4 N–H and O–H groups in total. The summed E-state index contributed by atoms with van der Waals surface area (Å²) >= 11 is 0. The van der Waals surface area contributed by atoms with Gasteiger partial charge >= 0.3 is 0 Å². The molecule has 0 spiro atoms. The Kier molecular flexibility index (Phi) is 8.80. The van der Waals surface area contributed by atoms with E-state index in [9.17, 15) is 28.8 Å². The first-order valence-electron chi connectivity index (χ1n) is 15.0. The third-order valence-electron chi connectivity index (χ3n) is 8.93. The van der Waals surface area contributed by atoms with Gasteiger partial charge in [0.15, 0.2) is 5.76 Å². The molecule has 3 aliphatic rings. The van der Waals surface area contributed by atoms with E-state index >= 15 is 0 Å². The van der Waals surface area contributed by atoms with Gasteiger partial charge in [0.25, 0.3) is 17.4 Å². The number of pyridine rings is 1. The summed E-state index contributed by atoms with van der Waals surface area (Å²) in [5.41, 5.74) is 0.441. The lowest BCUT2D eigenvalue weighted by atomic mass is 9.43. The highest BCUT2D eigenvalue weighted by Gasteiger charge is 2.63. The average molecular weight is 619 g/mol. The zero-order valence-electron chi connectivity index (χ0n) is 25.8. The Hall–Kier alpha value is -4.94. The quantitative estimate of drug-likeness (QED) is 0.210. The number of hydrogen-bond acceptors (Lipinski definition) is 8. The minimum Gasteiger partial charge on any atom is -0.451 e. The van der Waals surface area contributed by atoms with Gasteiger partial charge in [-0.15, -0.1) is 0 Å². The molecule has 6 rings (SSSR count). The molecule has 0 saturated heterocycles. The Morgan fingerprint density at radius 1 is 1.11 bits per heavy atom. The molecule has 0 aliphatic heterocycles. The van der Waals surface area contributed by atoms with E-state index in [0.29, 0.717) is 22.8 Å². The summed E-state index contributed by atoms with van der Waals surface area (Å²) in [6, 6.07) is 8.59. The van der Waals surface area contributed by atoms with Crippen molar-refractivity contribution in [1.82, 2.24) is 20.5 Å². The molecule has 2 bridgehead atoms. The molecular formula is C32H38N6O7. The normalized spacial score (nSPS) is 20.3. The summed E-state index contributed by atoms with van der Waals surface area (Å²) < 4.78 is 6.95. The van der Waals surface area contributed by atoms with E-state index in [1.165, 1.54) is 29.0 Å². The van der Waals surface area contributed by atoms with E-state index in [1.807, 2.05) is 25.1 Å². The topological polar surface area (TPSA) is 172 Å². The highest BCUT2D eigenvalue weighted by atomic mass is 16.3. The first-order chi connectivity index (χ1) is 21.4. The number of nitrogens with zero attached hydrogens (tertiary/aromatic N) is 2. The predicted molar refractivity (Wildman–Crippen MR) is 167 cm³/mol. The van der Waals surface area contributed by atoms with Crippen LogP contribution in [-0.4, -0.2) is 66.2 Å². The van der Waals surface area contributed by atoms with Crippen LogP contribution in [0.25, 0.3) is 11.0 Å². The van der Waals surface area contributed by atoms with Gasteiger partial charge in [0.2, 0.25) is 17.6 Å². The van der Waals surface area contributed by atoms with Crippen molar-refractivity contribution >= 4 is 51.8 Å². The number of carbonyl (C=O) groups excluding carboxylic acids is 5. The van der Waals surface area contributed by atoms with Crippen LogP contribution in [0.2, 0.25) is 0 Å². The van der Waals surface area contributed by atoms with Crippen LogP contribution >= 0.6 is 0 Å². The van der Waals surface area contributed by atoms with Crippen LogP contribution in [-0.2, 0) is 25.7 Å². The zero-order chi connectivity index (χ0) is 32.5. The maximum atomic E-state index is 13.4. The molecule has 2 aromatic heterocycles. The van der Waals surface area contributed by atoms with Gasteiger partial charge in [-0.05, 0) is 68.4 Å². The Bertz CT molecular complexity index is 1720. The van der Waals surface area contributed by atoms with Crippen LogP contribution in [0.5, 0.6) is 0 Å². The number of nitrogens with one attached hydrogen (secondary N) is 4. The highest BCUT2D eigenvalue weighted by molar-refractivity contribution is 6.36. The number of carbonyl (C=O) groups is 5. The summed E-state index contributed by atoms with van der Waals surface area (Å²) in [5.74, 6) is -2.31. The second-order valence-corrected chi connectivity index (χ2v) is 12.1. The number of anilines is 2. The van der Waals surface area contributed by atoms with E-state index in [2.05, 4.69) is 28.2 Å². The molecule has 13 nitrogen and oxygen atoms in total. The predicted octanol–water partition coefficient (Wildman–Crippen LogP) is 1.80. The number of aromatic nitrogens is 1. The maximum absolute atomic E-state index is 13.4. The Morgan fingerprint density at radius 3 is 2.51 bits per heavy atom. The molecule has 4 amide bonds. The summed E-state index contributed by atoms with van der Waals surface area (Å²) in [7, 11) is 3.74. The number of benzene rings is 1. The highest BCUT2D eigenvalue weighted by Crippen LogP contribution is 2.61. The van der Waals surface area contributed by atoms with Crippen LogP contribution in [0.1, 0.15) is 50.1 Å².